The first-order valence-electron chi connectivity index (χ1n) is 8.39. The molecule has 0 N–H and O–H groups in total. The third kappa shape index (κ3) is 2.59. The molecule has 0 spiro atoms. The molecule has 0 unspecified atom stereocenters. The van der Waals surface area contributed by atoms with Crippen LogP contribution in [0.15, 0.2) is 33.9 Å². The van der Waals surface area contributed by atoms with Crippen LogP contribution >= 0.6 is 0 Å². The highest BCUT2D eigenvalue weighted by Gasteiger charge is 2.25. The second-order valence-corrected chi connectivity index (χ2v) is 6.76. The van der Waals surface area contributed by atoms with E-state index in [1.807, 2.05) is 0 Å². The Balaban J connectivity index is 1.89. The lowest BCUT2D eigenvalue weighted by Gasteiger charge is -2.23. The molecule has 3 aliphatic rings. The second kappa shape index (κ2) is 5.69. The minimum Gasteiger partial charge on any atom is -0.0627 e. The Morgan fingerprint density at radius 2 is 1.42 bits per heavy atom. The van der Waals surface area contributed by atoms with E-state index in [4.69, 9.17) is 0 Å². The van der Waals surface area contributed by atoms with Crippen LogP contribution in [0.2, 0.25) is 0 Å². The molecule has 0 nitrogen and oxygen atoms in total. The lowest BCUT2D eigenvalue weighted by atomic mass is 9.82. The molecule has 3 rings (SSSR count). The first-order valence-corrected chi connectivity index (χ1v) is 8.39. The molecule has 104 valence electrons. The minimum absolute atomic E-state index is 0.866. The molecule has 2 fully saturated rings. The Labute approximate surface area is 118 Å². The molecule has 0 aromatic carbocycles. The molecule has 0 radical (unpaired) electrons. The van der Waals surface area contributed by atoms with Crippen LogP contribution in [0.3, 0.4) is 0 Å². The highest BCUT2D eigenvalue weighted by atomic mass is 14.3. The molecular weight excluding hydrogens is 228 g/mol. The fourth-order valence-corrected chi connectivity index (χ4v) is 4.24. The lowest BCUT2D eigenvalue weighted by molar-refractivity contribution is 0.406. The van der Waals surface area contributed by atoms with Gasteiger partial charge in [0.2, 0.25) is 0 Å². The van der Waals surface area contributed by atoms with Crippen molar-refractivity contribution >= 4 is 0 Å². The van der Waals surface area contributed by atoms with Crippen LogP contribution in [-0.2, 0) is 0 Å². The molecule has 0 aromatic rings. The quantitative estimate of drug-likeness (QED) is 0.531. The normalized spacial score (nSPS) is 26.1. The Hall–Kier alpha value is -0.780. The van der Waals surface area contributed by atoms with Crippen molar-refractivity contribution < 1.29 is 0 Å². The maximum atomic E-state index is 2.58. The zero-order chi connectivity index (χ0) is 13.2. The zero-order valence-corrected chi connectivity index (χ0v) is 12.7. The maximum Gasteiger partial charge on any atom is -0.0159 e. The Morgan fingerprint density at radius 1 is 0.789 bits per heavy atom. The van der Waals surface area contributed by atoms with Crippen molar-refractivity contribution in [2.75, 3.05) is 0 Å². The van der Waals surface area contributed by atoms with Crippen molar-refractivity contribution in [3.05, 3.63) is 33.9 Å². The molecule has 0 atom stereocenters. The van der Waals surface area contributed by atoms with Crippen molar-refractivity contribution in [3.63, 3.8) is 0 Å². The summed E-state index contributed by atoms with van der Waals surface area (Å²) in [5.41, 5.74) is 8.30. The third-order valence-corrected chi connectivity index (χ3v) is 5.58. The van der Waals surface area contributed by atoms with Gasteiger partial charge in [-0.25, -0.2) is 0 Å². The lowest BCUT2D eigenvalue weighted by Crippen LogP contribution is -2.09. The largest absolute Gasteiger partial charge is 0.0627 e. The van der Waals surface area contributed by atoms with Crippen LogP contribution in [0.4, 0.5) is 0 Å². The van der Waals surface area contributed by atoms with E-state index < -0.39 is 0 Å². The monoisotopic (exact) mass is 256 g/mol. The average molecular weight is 256 g/mol. The first kappa shape index (κ1) is 13.2. The summed E-state index contributed by atoms with van der Waals surface area (Å²) in [5.74, 6) is 0.866. The minimum atomic E-state index is 0.866. The van der Waals surface area contributed by atoms with Gasteiger partial charge in [-0.1, -0.05) is 37.3 Å². The smallest absolute Gasteiger partial charge is 0.0159 e. The van der Waals surface area contributed by atoms with Crippen molar-refractivity contribution in [3.8, 4) is 0 Å². The van der Waals surface area contributed by atoms with Gasteiger partial charge in [-0.05, 0) is 80.6 Å². The van der Waals surface area contributed by atoms with Crippen LogP contribution in [0.5, 0.6) is 0 Å². The van der Waals surface area contributed by atoms with E-state index in [1.54, 1.807) is 27.9 Å². The molecule has 0 saturated heterocycles. The number of hydrogen-bond acceptors (Lipinski definition) is 0. The van der Waals surface area contributed by atoms with Crippen molar-refractivity contribution in [2.24, 2.45) is 5.92 Å². The van der Waals surface area contributed by atoms with E-state index in [2.05, 4.69) is 19.9 Å². The number of rotatable bonds is 1. The van der Waals surface area contributed by atoms with Crippen LogP contribution in [0.1, 0.15) is 78.1 Å². The summed E-state index contributed by atoms with van der Waals surface area (Å²) in [6, 6.07) is 0. The average Bonchev–Trinajstić information content (AvgIpc) is 2.77. The molecule has 0 bridgehead atoms. The SMILES string of the molecule is CC1=C(C)C(=C2CCCCC2)C=C1C1CCCCC1. The van der Waals surface area contributed by atoms with Gasteiger partial charge in [-0.3, -0.25) is 0 Å². The van der Waals surface area contributed by atoms with Gasteiger partial charge in [0.1, 0.15) is 0 Å². The maximum absolute atomic E-state index is 2.58. The molecule has 0 heterocycles. The summed E-state index contributed by atoms with van der Waals surface area (Å²) in [5, 5.41) is 0. The Morgan fingerprint density at radius 3 is 2.11 bits per heavy atom. The van der Waals surface area contributed by atoms with Gasteiger partial charge >= 0.3 is 0 Å². The van der Waals surface area contributed by atoms with Gasteiger partial charge in [-0.2, -0.15) is 0 Å². The molecule has 0 amide bonds. The molecule has 3 aliphatic carbocycles. The van der Waals surface area contributed by atoms with E-state index in [-0.39, 0.29) is 0 Å². The summed E-state index contributed by atoms with van der Waals surface area (Å²) in [6.07, 6.45) is 16.8. The summed E-state index contributed by atoms with van der Waals surface area (Å²) in [4.78, 5) is 0. The molecule has 0 heteroatoms. The van der Waals surface area contributed by atoms with Crippen LogP contribution < -0.4 is 0 Å². The highest BCUT2D eigenvalue weighted by Crippen LogP contribution is 2.43. The summed E-state index contributed by atoms with van der Waals surface area (Å²) in [7, 11) is 0. The predicted molar refractivity (Wildman–Crippen MR) is 83.1 cm³/mol. The molecule has 0 aromatic heterocycles. The molecular formula is C19H28. The molecule has 0 aliphatic heterocycles. The molecule has 2 saturated carbocycles. The van der Waals surface area contributed by atoms with E-state index in [0.717, 1.165) is 5.92 Å². The third-order valence-electron chi connectivity index (χ3n) is 5.58. The van der Waals surface area contributed by atoms with Gasteiger partial charge < -0.3 is 0 Å². The van der Waals surface area contributed by atoms with Crippen molar-refractivity contribution in [1.29, 1.82) is 0 Å². The van der Waals surface area contributed by atoms with Crippen LogP contribution in [0, 0.1) is 5.92 Å². The Kier molecular flexibility index (Phi) is 3.96. The van der Waals surface area contributed by atoms with E-state index in [0.29, 0.717) is 0 Å². The standard InChI is InChI=1S/C19H28/c1-14-15(2)19(17-11-7-4-8-12-17)13-18(14)16-9-5-3-6-10-16/h13,16H,3-12H2,1-2H3. The van der Waals surface area contributed by atoms with Crippen molar-refractivity contribution in [1.82, 2.24) is 0 Å². The molecule has 19 heavy (non-hydrogen) atoms. The van der Waals surface area contributed by atoms with E-state index >= 15 is 0 Å². The second-order valence-electron chi connectivity index (χ2n) is 6.76. The number of hydrogen-bond donors (Lipinski definition) is 0. The summed E-state index contributed by atoms with van der Waals surface area (Å²) in [6.45, 7) is 4.73. The Bertz CT molecular complexity index is 431. The van der Waals surface area contributed by atoms with Crippen LogP contribution in [-0.4, -0.2) is 0 Å². The highest BCUT2D eigenvalue weighted by molar-refractivity contribution is 5.59. The fraction of sp³-hybridized carbons (Fsp3) is 0.684. The number of allylic oxidation sites excluding steroid dienone is 6. The zero-order valence-electron chi connectivity index (χ0n) is 12.7. The summed E-state index contributed by atoms with van der Waals surface area (Å²) >= 11 is 0. The first-order chi connectivity index (χ1) is 9.27. The van der Waals surface area contributed by atoms with E-state index in [1.165, 1.54) is 64.2 Å². The fourth-order valence-electron chi connectivity index (χ4n) is 4.24. The van der Waals surface area contributed by atoms with Gasteiger partial charge in [0, 0.05) is 0 Å². The van der Waals surface area contributed by atoms with Gasteiger partial charge in [0.15, 0.2) is 0 Å². The predicted octanol–water partition coefficient (Wildman–Crippen LogP) is 6.10. The van der Waals surface area contributed by atoms with Crippen LogP contribution in [0.25, 0.3) is 0 Å². The summed E-state index contributed by atoms with van der Waals surface area (Å²) < 4.78 is 0. The topological polar surface area (TPSA) is 0 Å². The van der Waals surface area contributed by atoms with E-state index in [9.17, 15) is 0 Å². The van der Waals surface area contributed by atoms with Gasteiger partial charge in [-0.15, -0.1) is 0 Å². The van der Waals surface area contributed by atoms with Gasteiger partial charge in [0.05, 0.1) is 0 Å². The van der Waals surface area contributed by atoms with Crippen molar-refractivity contribution in [2.45, 2.75) is 78.1 Å². The van der Waals surface area contributed by atoms with Gasteiger partial charge in [0.25, 0.3) is 0 Å².